The van der Waals surface area contributed by atoms with Gasteiger partial charge in [-0.1, -0.05) is 32.0 Å². The summed E-state index contributed by atoms with van der Waals surface area (Å²) in [5.74, 6) is 0.450. The molecule has 0 aromatic heterocycles. The Bertz CT molecular complexity index is 460. The van der Waals surface area contributed by atoms with Crippen LogP contribution in [0.1, 0.15) is 32.3 Å². The predicted molar refractivity (Wildman–Crippen MR) is 80.6 cm³/mol. The van der Waals surface area contributed by atoms with Gasteiger partial charge in [-0.15, -0.1) is 0 Å². The fourth-order valence-electron chi connectivity index (χ4n) is 2.61. The molecule has 0 aliphatic carbocycles. The summed E-state index contributed by atoms with van der Waals surface area (Å²) in [6, 6.07) is 7.67. The molecule has 0 saturated heterocycles. The van der Waals surface area contributed by atoms with Crippen LogP contribution in [0.2, 0.25) is 0 Å². The summed E-state index contributed by atoms with van der Waals surface area (Å²) >= 11 is 0. The number of aliphatic hydroxyl groups is 1. The van der Waals surface area contributed by atoms with Crippen molar-refractivity contribution in [3.05, 3.63) is 29.8 Å². The molecule has 4 nitrogen and oxygen atoms in total. The van der Waals surface area contributed by atoms with Crippen LogP contribution in [0.25, 0.3) is 0 Å². The van der Waals surface area contributed by atoms with Crippen LogP contribution in [0.5, 0.6) is 0 Å². The predicted octanol–water partition coefficient (Wildman–Crippen LogP) is 1.94. The first-order chi connectivity index (χ1) is 9.56. The highest BCUT2D eigenvalue weighted by atomic mass is 16.3. The number of anilines is 1. The van der Waals surface area contributed by atoms with Gasteiger partial charge in [-0.3, -0.25) is 4.79 Å². The molecule has 1 aromatic rings. The highest BCUT2D eigenvalue weighted by Gasteiger charge is 2.23. The number of fused-ring (bicyclic) bond motifs is 1. The van der Waals surface area contributed by atoms with Crippen molar-refractivity contribution >= 4 is 11.6 Å². The number of nitrogens with one attached hydrogen (secondary N) is 2. The van der Waals surface area contributed by atoms with Crippen molar-refractivity contribution < 1.29 is 9.90 Å². The van der Waals surface area contributed by atoms with Crippen LogP contribution in [0.4, 0.5) is 5.69 Å². The molecule has 20 heavy (non-hydrogen) atoms. The molecule has 2 rings (SSSR count). The van der Waals surface area contributed by atoms with Crippen LogP contribution in [0.3, 0.4) is 0 Å². The summed E-state index contributed by atoms with van der Waals surface area (Å²) in [7, 11) is 0. The molecule has 1 aliphatic heterocycles. The van der Waals surface area contributed by atoms with Crippen molar-refractivity contribution in [1.82, 2.24) is 5.32 Å². The van der Waals surface area contributed by atoms with Crippen LogP contribution in [-0.2, 0) is 11.2 Å². The molecule has 0 spiro atoms. The Labute approximate surface area is 120 Å². The average molecular weight is 276 g/mol. The van der Waals surface area contributed by atoms with E-state index < -0.39 is 6.10 Å². The van der Waals surface area contributed by atoms with E-state index in [4.69, 9.17) is 0 Å². The second-order valence-corrected chi connectivity index (χ2v) is 5.93. The average Bonchev–Trinajstić information content (AvgIpc) is 2.54. The van der Waals surface area contributed by atoms with E-state index in [-0.39, 0.29) is 11.9 Å². The van der Waals surface area contributed by atoms with Gasteiger partial charge in [0, 0.05) is 12.2 Å². The van der Waals surface area contributed by atoms with Gasteiger partial charge in [0.05, 0.1) is 12.1 Å². The molecule has 2 unspecified atom stereocenters. The third-order valence-electron chi connectivity index (χ3n) is 3.64. The lowest BCUT2D eigenvalue weighted by atomic mass is 10.0. The molecule has 3 N–H and O–H groups in total. The van der Waals surface area contributed by atoms with Crippen molar-refractivity contribution in [3.63, 3.8) is 0 Å². The molecule has 1 aliphatic rings. The van der Waals surface area contributed by atoms with Crippen LogP contribution in [0, 0.1) is 5.92 Å². The molecule has 0 saturated carbocycles. The number of carbonyl (C=O) groups excluding carboxylic acids is 1. The van der Waals surface area contributed by atoms with Gasteiger partial charge in [-0.25, -0.2) is 0 Å². The number of aliphatic hydroxyl groups excluding tert-OH is 1. The van der Waals surface area contributed by atoms with Crippen molar-refractivity contribution in [1.29, 1.82) is 0 Å². The standard InChI is InChI=1S/C16H24N2O2/c1-11(2)9-13(19)10-17-15-8-7-12-5-3-4-6-14(12)18-16(15)20/h3-6,11,13,15,17,19H,7-10H2,1-2H3,(H,18,20). The minimum Gasteiger partial charge on any atom is -0.392 e. The molecular formula is C16H24N2O2. The number of rotatable bonds is 5. The van der Waals surface area contributed by atoms with Crippen LogP contribution >= 0.6 is 0 Å². The van der Waals surface area contributed by atoms with Gasteiger partial charge < -0.3 is 15.7 Å². The van der Waals surface area contributed by atoms with Crippen LogP contribution in [-0.4, -0.2) is 29.7 Å². The lowest BCUT2D eigenvalue weighted by Crippen LogP contribution is -2.43. The summed E-state index contributed by atoms with van der Waals surface area (Å²) in [5, 5.41) is 16.0. The van der Waals surface area contributed by atoms with Crippen molar-refractivity contribution in [3.8, 4) is 0 Å². The maximum absolute atomic E-state index is 12.2. The Kier molecular flexibility index (Phi) is 5.15. The molecule has 1 aromatic carbocycles. The maximum Gasteiger partial charge on any atom is 0.241 e. The lowest BCUT2D eigenvalue weighted by Gasteiger charge is -2.19. The number of amides is 1. The fraction of sp³-hybridized carbons (Fsp3) is 0.562. The van der Waals surface area contributed by atoms with Gasteiger partial charge in [-0.05, 0) is 36.8 Å². The van der Waals surface area contributed by atoms with Crippen LogP contribution in [0.15, 0.2) is 24.3 Å². The van der Waals surface area contributed by atoms with Gasteiger partial charge in [0.25, 0.3) is 0 Å². The quantitative estimate of drug-likeness (QED) is 0.770. The highest BCUT2D eigenvalue weighted by molar-refractivity contribution is 5.96. The second-order valence-electron chi connectivity index (χ2n) is 5.93. The number of carbonyl (C=O) groups is 1. The SMILES string of the molecule is CC(C)CC(O)CNC1CCc2ccccc2NC1=O. The van der Waals surface area contributed by atoms with Gasteiger partial charge in [0.1, 0.15) is 0 Å². The number of para-hydroxylation sites is 1. The minimum atomic E-state index is -0.395. The minimum absolute atomic E-state index is 0.00769. The van der Waals surface area contributed by atoms with E-state index in [0.717, 1.165) is 24.9 Å². The largest absolute Gasteiger partial charge is 0.392 e. The summed E-state index contributed by atoms with van der Waals surface area (Å²) < 4.78 is 0. The first kappa shape index (κ1) is 15.0. The Morgan fingerprint density at radius 1 is 1.40 bits per heavy atom. The smallest absolute Gasteiger partial charge is 0.241 e. The van der Waals surface area contributed by atoms with E-state index >= 15 is 0 Å². The molecule has 4 heteroatoms. The second kappa shape index (κ2) is 6.86. The van der Waals surface area contributed by atoms with Gasteiger partial charge in [0.15, 0.2) is 0 Å². The summed E-state index contributed by atoms with van der Waals surface area (Å²) in [6.07, 6.45) is 1.99. The molecule has 1 amide bonds. The van der Waals surface area contributed by atoms with E-state index in [2.05, 4.69) is 24.5 Å². The van der Waals surface area contributed by atoms with Crippen molar-refractivity contribution in [2.45, 2.75) is 45.3 Å². The highest BCUT2D eigenvalue weighted by Crippen LogP contribution is 2.21. The number of aryl methyl sites for hydroxylation is 1. The summed E-state index contributed by atoms with van der Waals surface area (Å²) in [4.78, 5) is 12.2. The van der Waals surface area contributed by atoms with Gasteiger partial charge in [-0.2, -0.15) is 0 Å². The topological polar surface area (TPSA) is 61.4 Å². The first-order valence-corrected chi connectivity index (χ1v) is 7.36. The molecule has 1 heterocycles. The molecule has 0 fully saturated rings. The summed E-state index contributed by atoms with van der Waals surface area (Å²) in [6.45, 7) is 4.63. The van der Waals surface area contributed by atoms with E-state index in [0.29, 0.717) is 12.5 Å². The van der Waals surface area contributed by atoms with E-state index in [1.165, 1.54) is 5.56 Å². The lowest BCUT2D eigenvalue weighted by molar-refractivity contribution is -0.118. The zero-order valence-corrected chi connectivity index (χ0v) is 12.2. The molecule has 0 radical (unpaired) electrons. The molecular weight excluding hydrogens is 252 g/mol. The Morgan fingerprint density at radius 3 is 2.90 bits per heavy atom. The molecule has 0 bridgehead atoms. The van der Waals surface area contributed by atoms with Gasteiger partial charge >= 0.3 is 0 Å². The van der Waals surface area contributed by atoms with Crippen molar-refractivity contribution in [2.75, 3.05) is 11.9 Å². The van der Waals surface area contributed by atoms with Crippen LogP contribution < -0.4 is 10.6 Å². The van der Waals surface area contributed by atoms with E-state index in [1.54, 1.807) is 0 Å². The van der Waals surface area contributed by atoms with Crippen molar-refractivity contribution in [2.24, 2.45) is 5.92 Å². The van der Waals surface area contributed by atoms with Gasteiger partial charge in [0.2, 0.25) is 5.91 Å². The Hall–Kier alpha value is -1.39. The number of hydrogen-bond acceptors (Lipinski definition) is 3. The molecule has 2 atom stereocenters. The van der Waals surface area contributed by atoms with E-state index in [9.17, 15) is 9.90 Å². The zero-order chi connectivity index (χ0) is 14.5. The third-order valence-corrected chi connectivity index (χ3v) is 3.64. The first-order valence-electron chi connectivity index (χ1n) is 7.36. The maximum atomic E-state index is 12.2. The van der Waals surface area contributed by atoms with E-state index in [1.807, 2.05) is 24.3 Å². The number of hydrogen-bond donors (Lipinski definition) is 3. The zero-order valence-electron chi connectivity index (χ0n) is 12.2. The Balaban J connectivity index is 1.90. The monoisotopic (exact) mass is 276 g/mol. The molecule has 110 valence electrons. The summed E-state index contributed by atoms with van der Waals surface area (Å²) in [5.41, 5.74) is 2.08. The fourth-order valence-corrected chi connectivity index (χ4v) is 2.61. The normalized spacial score (nSPS) is 20.2. The number of benzene rings is 1. The third kappa shape index (κ3) is 4.05. The Morgan fingerprint density at radius 2 is 2.15 bits per heavy atom.